The molecular weight excluding hydrogens is 129 g/mol. The van der Waals surface area contributed by atoms with E-state index in [1.165, 1.54) is 0 Å². The fourth-order valence-electron chi connectivity index (χ4n) is 0. The summed E-state index contributed by atoms with van der Waals surface area (Å²) >= 11 is 0. The Morgan fingerprint density at radius 3 is 2.00 bits per heavy atom. The van der Waals surface area contributed by atoms with E-state index < -0.39 is 0 Å². The maximum atomic E-state index is 4.38. The molecule has 0 aliphatic carbocycles. The van der Waals surface area contributed by atoms with Crippen LogP contribution in [0.5, 0.6) is 0 Å². The molecular formula is C2H3OY+2. The van der Waals surface area contributed by atoms with Crippen LogP contribution < -0.4 is 0 Å². The Labute approximate surface area is 50.6 Å². The fourth-order valence-corrected chi connectivity index (χ4v) is 0. The van der Waals surface area contributed by atoms with E-state index in [2.05, 4.69) is 4.74 Å². The molecule has 0 N–H and O–H groups in total. The molecule has 1 fully saturated rings. The zero-order chi connectivity index (χ0) is 2.12. The van der Waals surface area contributed by atoms with Gasteiger partial charge in [0, 0.05) is 0 Å². The zero-order valence-electron chi connectivity index (χ0n) is 2.27. The van der Waals surface area contributed by atoms with E-state index in [4.69, 9.17) is 0 Å². The molecule has 1 aliphatic rings. The first kappa shape index (κ1) is 5.06. The number of hydrogen-bond acceptors (Lipinski definition) is 1. The first-order valence-electron chi connectivity index (χ1n) is 0.933. The van der Waals surface area contributed by atoms with Crippen LogP contribution in [0.3, 0.4) is 0 Å². The number of epoxide rings is 1. The van der Waals surface area contributed by atoms with Crippen LogP contribution in [0.1, 0.15) is 0 Å². The van der Waals surface area contributed by atoms with Crippen molar-refractivity contribution in [1.82, 2.24) is 0 Å². The molecule has 0 aromatic heterocycles. The SMILES string of the molecule is [CH-]1CO1.[Y+3]. The van der Waals surface area contributed by atoms with Crippen molar-refractivity contribution < 1.29 is 37.4 Å². The summed E-state index contributed by atoms with van der Waals surface area (Å²) in [5.74, 6) is 0. The predicted octanol–water partition coefficient (Wildman–Crippen LogP) is 0.176. The van der Waals surface area contributed by atoms with E-state index in [0.29, 0.717) is 0 Å². The van der Waals surface area contributed by atoms with Crippen molar-refractivity contribution in [2.45, 2.75) is 0 Å². The largest absolute Gasteiger partial charge is 3.00 e. The average Bonchev–Trinajstić information content (AvgIpc) is 1.46. The van der Waals surface area contributed by atoms with Crippen LogP contribution in [-0.4, -0.2) is 6.61 Å². The minimum Gasteiger partial charge on any atom is -0.574 e. The van der Waals surface area contributed by atoms with Crippen LogP contribution in [0.15, 0.2) is 0 Å². The average molecular weight is 132 g/mol. The third-order valence-electron chi connectivity index (χ3n) is 0.167. The Morgan fingerprint density at radius 1 is 1.75 bits per heavy atom. The Bertz CT molecular complexity index is 10.8. The number of rotatable bonds is 0. The van der Waals surface area contributed by atoms with Crippen molar-refractivity contribution in [2.24, 2.45) is 0 Å². The van der Waals surface area contributed by atoms with E-state index in [1.54, 1.807) is 6.61 Å². The fraction of sp³-hybridized carbons (Fsp3) is 0.500. The van der Waals surface area contributed by atoms with E-state index in [-0.39, 0.29) is 32.7 Å². The Morgan fingerprint density at radius 2 is 2.00 bits per heavy atom. The predicted molar refractivity (Wildman–Crippen MR) is 10.3 cm³/mol. The summed E-state index contributed by atoms with van der Waals surface area (Å²) in [6, 6.07) is 0. The van der Waals surface area contributed by atoms with Crippen LogP contribution in [0.25, 0.3) is 0 Å². The minimum atomic E-state index is 0. The molecule has 0 spiro atoms. The maximum Gasteiger partial charge on any atom is 3.00 e. The molecule has 0 aromatic rings. The van der Waals surface area contributed by atoms with E-state index >= 15 is 0 Å². The van der Waals surface area contributed by atoms with Crippen molar-refractivity contribution in [3.63, 3.8) is 0 Å². The van der Waals surface area contributed by atoms with Crippen LogP contribution in [0.2, 0.25) is 0 Å². The Balaban J connectivity index is 0.0000000900. The van der Waals surface area contributed by atoms with Gasteiger partial charge in [-0.1, -0.05) is 6.61 Å². The number of ether oxygens (including phenoxy) is 1. The molecule has 0 amide bonds. The summed E-state index contributed by atoms with van der Waals surface area (Å²) in [6.45, 7) is 2.62. The molecule has 1 rings (SSSR count). The van der Waals surface area contributed by atoms with Gasteiger partial charge in [-0.2, -0.15) is 6.61 Å². The summed E-state index contributed by atoms with van der Waals surface area (Å²) in [7, 11) is 0. The summed E-state index contributed by atoms with van der Waals surface area (Å²) in [5.41, 5.74) is 0. The third kappa shape index (κ3) is 3.06. The quantitative estimate of drug-likeness (QED) is 0.338. The second kappa shape index (κ2) is 2.31. The summed E-state index contributed by atoms with van der Waals surface area (Å²) in [5, 5.41) is 0. The molecule has 18 valence electrons. The van der Waals surface area contributed by atoms with Crippen LogP contribution in [-0.2, 0) is 37.4 Å². The number of hydrogen-bond donors (Lipinski definition) is 0. The molecule has 1 aliphatic heterocycles. The van der Waals surface area contributed by atoms with Crippen LogP contribution in [0.4, 0.5) is 0 Å². The van der Waals surface area contributed by atoms with Crippen LogP contribution >= 0.6 is 0 Å². The van der Waals surface area contributed by atoms with Crippen molar-refractivity contribution in [3.8, 4) is 0 Å². The standard InChI is InChI=1S/C2H3O.Y/c1-2-3-1;/h1H,2H2;/q-1;+3. The van der Waals surface area contributed by atoms with Gasteiger partial charge in [0.05, 0.1) is 0 Å². The first-order valence-corrected chi connectivity index (χ1v) is 0.933. The van der Waals surface area contributed by atoms with Gasteiger partial charge in [0.15, 0.2) is 0 Å². The van der Waals surface area contributed by atoms with Gasteiger partial charge < -0.3 is 4.74 Å². The molecule has 0 bridgehead atoms. The summed E-state index contributed by atoms with van der Waals surface area (Å²) < 4.78 is 4.38. The second-order valence-corrected chi connectivity index (χ2v) is 0.500. The van der Waals surface area contributed by atoms with E-state index in [1.807, 2.05) is 0 Å². The first-order chi connectivity index (χ1) is 1.50. The molecule has 1 saturated heterocycles. The van der Waals surface area contributed by atoms with Crippen molar-refractivity contribution in [1.29, 1.82) is 0 Å². The minimum absolute atomic E-state index is 0. The van der Waals surface area contributed by atoms with Crippen molar-refractivity contribution in [3.05, 3.63) is 6.61 Å². The van der Waals surface area contributed by atoms with Gasteiger partial charge >= 0.3 is 32.7 Å². The molecule has 0 saturated carbocycles. The van der Waals surface area contributed by atoms with Gasteiger partial charge in [-0.3, -0.25) is 0 Å². The van der Waals surface area contributed by atoms with Gasteiger partial charge in [0.2, 0.25) is 0 Å². The molecule has 1 heterocycles. The van der Waals surface area contributed by atoms with E-state index in [0.717, 1.165) is 6.61 Å². The molecule has 2 heteroatoms. The van der Waals surface area contributed by atoms with Gasteiger partial charge in [-0.25, -0.2) is 0 Å². The normalized spacial score (nSPS) is 18.0. The maximum absolute atomic E-state index is 4.38. The smallest absolute Gasteiger partial charge is 0.574 e. The third-order valence-corrected chi connectivity index (χ3v) is 0.167. The van der Waals surface area contributed by atoms with Crippen molar-refractivity contribution >= 4 is 0 Å². The molecule has 0 aromatic carbocycles. The molecule has 4 heavy (non-hydrogen) atoms. The second-order valence-electron chi connectivity index (χ2n) is 0.500. The van der Waals surface area contributed by atoms with Crippen molar-refractivity contribution in [2.75, 3.05) is 6.61 Å². The molecule has 0 atom stereocenters. The Kier molecular flexibility index (Phi) is 2.92. The topological polar surface area (TPSA) is 12.5 Å². The van der Waals surface area contributed by atoms with Crippen LogP contribution in [0, 0.1) is 6.61 Å². The zero-order valence-corrected chi connectivity index (χ0v) is 5.11. The van der Waals surface area contributed by atoms with Gasteiger partial charge in [-0.05, 0) is 0 Å². The molecule has 0 radical (unpaired) electrons. The monoisotopic (exact) mass is 132 g/mol. The van der Waals surface area contributed by atoms with Gasteiger partial charge in [-0.15, -0.1) is 0 Å². The molecule has 0 unspecified atom stereocenters. The summed E-state index contributed by atoms with van der Waals surface area (Å²) in [6.07, 6.45) is 0. The van der Waals surface area contributed by atoms with E-state index in [9.17, 15) is 0 Å². The van der Waals surface area contributed by atoms with Gasteiger partial charge in [0.1, 0.15) is 0 Å². The van der Waals surface area contributed by atoms with Gasteiger partial charge in [0.25, 0.3) is 0 Å². The Hall–Kier alpha value is 1.06. The molecule has 1 nitrogen and oxygen atoms in total. The summed E-state index contributed by atoms with van der Waals surface area (Å²) in [4.78, 5) is 0.